The van der Waals surface area contributed by atoms with Crippen molar-refractivity contribution in [2.75, 3.05) is 13.1 Å². The second-order valence-corrected chi connectivity index (χ2v) is 6.65. The van der Waals surface area contributed by atoms with Crippen molar-refractivity contribution >= 4 is 11.8 Å². The van der Waals surface area contributed by atoms with Crippen LogP contribution in [-0.4, -0.2) is 29.8 Å². The Kier molecular flexibility index (Phi) is 5.17. The topological polar surface area (TPSA) is 49.4 Å². The maximum Gasteiger partial charge on any atom is 0.251 e. The third kappa shape index (κ3) is 3.90. The number of amides is 2. The average molecular weight is 336 g/mol. The lowest BCUT2D eigenvalue weighted by molar-refractivity contribution is -0.131. The number of rotatable bonds is 4. The third-order valence-corrected chi connectivity index (χ3v) is 4.83. The molecule has 4 nitrogen and oxygen atoms in total. The van der Waals surface area contributed by atoms with Gasteiger partial charge < -0.3 is 10.2 Å². The molecule has 3 rings (SSSR count). The Labute approximate surface area is 148 Å². The molecule has 0 spiro atoms. The van der Waals surface area contributed by atoms with E-state index in [1.54, 1.807) is 12.1 Å². The summed E-state index contributed by atoms with van der Waals surface area (Å²) in [5.41, 5.74) is 4.09. The summed E-state index contributed by atoms with van der Waals surface area (Å²) in [6, 6.07) is 15.7. The summed E-state index contributed by atoms with van der Waals surface area (Å²) in [6.45, 7) is 4.84. The molecule has 0 saturated carbocycles. The largest absolute Gasteiger partial charge is 0.343 e. The molecule has 25 heavy (non-hydrogen) atoms. The van der Waals surface area contributed by atoms with E-state index in [0.29, 0.717) is 5.56 Å². The fourth-order valence-electron chi connectivity index (χ4n) is 3.41. The maximum absolute atomic E-state index is 12.6. The van der Waals surface area contributed by atoms with Gasteiger partial charge in [-0.25, -0.2) is 0 Å². The van der Waals surface area contributed by atoms with Crippen LogP contribution in [0.3, 0.4) is 0 Å². The van der Waals surface area contributed by atoms with Gasteiger partial charge in [-0.3, -0.25) is 9.59 Å². The van der Waals surface area contributed by atoms with Crippen LogP contribution in [0.25, 0.3) is 0 Å². The van der Waals surface area contributed by atoms with Crippen molar-refractivity contribution in [3.05, 3.63) is 70.8 Å². The molecule has 0 bridgehead atoms. The number of aryl methyl sites for hydroxylation is 2. The summed E-state index contributed by atoms with van der Waals surface area (Å²) in [4.78, 5) is 26.7. The van der Waals surface area contributed by atoms with Gasteiger partial charge >= 0.3 is 0 Å². The van der Waals surface area contributed by atoms with Crippen molar-refractivity contribution < 1.29 is 9.59 Å². The number of likely N-dealkylation sites (tertiary alicyclic amines) is 1. The molecular weight excluding hydrogens is 312 g/mol. The number of hydrogen-bond acceptors (Lipinski definition) is 2. The molecule has 1 atom stereocenters. The summed E-state index contributed by atoms with van der Waals surface area (Å²) in [5.74, 6) is -0.230. The van der Waals surface area contributed by atoms with E-state index >= 15 is 0 Å². The highest BCUT2D eigenvalue weighted by Crippen LogP contribution is 2.33. The number of nitrogens with zero attached hydrogens (tertiary/aromatic N) is 1. The van der Waals surface area contributed by atoms with E-state index in [1.165, 1.54) is 11.1 Å². The molecular formula is C21H24N2O2. The Bertz CT molecular complexity index is 768. The Balaban J connectivity index is 1.63. The van der Waals surface area contributed by atoms with E-state index in [0.717, 1.165) is 24.9 Å². The van der Waals surface area contributed by atoms with Gasteiger partial charge in [0.25, 0.3) is 5.91 Å². The molecule has 130 valence electrons. The fraction of sp³-hybridized carbons (Fsp3) is 0.333. The molecule has 1 heterocycles. The van der Waals surface area contributed by atoms with Crippen LogP contribution in [0.15, 0.2) is 48.5 Å². The minimum Gasteiger partial charge on any atom is -0.343 e. The van der Waals surface area contributed by atoms with E-state index in [4.69, 9.17) is 0 Å². The zero-order valence-electron chi connectivity index (χ0n) is 14.8. The van der Waals surface area contributed by atoms with Crippen LogP contribution in [0.4, 0.5) is 0 Å². The number of hydrogen-bond donors (Lipinski definition) is 1. The Morgan fingerprint density at radius 3 is 2.52 bits per heavy atom. The molecule has 0 aliphatic carbocycles. The third-order valence-electron chi connectivity index (χ3n) is 4.83. The van der Waals surface area contributed by atoms with E-state index < -0.39 is 0 Å². The Hall–Kier alpha value is -2.62. The minimum atomic E-state index is -0.208. The molecule has 1 N–H and O–H groups in total. The van der Waals surface area contributed by atoms with Crippen molar-refractivity contribution in [2.24, 2.45) is 0 Å². The van der Waals surface area contributed by atoms with E-state index in [9.17, 15) is 9.59 Å². The first-order valence-corrected chi connectivity index (χ1v) is 8.76. The Morgan fingerprint density at radius 1 is 1.08 bits per heavy atom. The zero-order chi connectivity index (χ0) is 17.8. The van der Waals surface area contributed by atoms with Crippen molar-refractivity contribution in [3.8, 4) is 0 Å². The highest BCUT2D eigenvalue weighted by atomic mass is 16.2. The molecule has 1 fully saturated rings. The Morgan fingerprint density at radius 2 is 1.80 bits per heavy atom. The maximum atomic E-state index is 12.6. The van der Waals surface area contributed by atoms with Gasteiger partial charge in [0.1, 0.15) is 0 Å². The van der Waals surface area contributed by atoms with E-state index in [1.807, 2.05) is 36.1 Å². The van der Waals surface area contributed by atoms with Crippen molar-refractivity contribution in [2.45, 2.75) is 32.7 Å². The van der Waals surface area contributed by atoms with Gasteiger partial charge in [-0.05, 0) is 49.9 Å². The highest BCUT2D eigenvalue weighted by molar-refractivity contribution is 5.96. The molecule has 1 aliphatic heterocycles. The molecule has 1 saturated heterocycles. The highest BCUT2D eigenvalue weighted by Gasteiger charge is 2.30. The lowest BCUT2D eigenvalue weighted by Gasteiger charge is -2.26. The predicted octanol–water partition coefficient (Wildman–Crippen LogP) is 3.40. The molecule has 0 aromatic heterocycles. The number of carbonyl (C=O) groups is 2. The SMILES string of the molecule is Cc1ccc(C(=O)NCC(=O)N2CCCC2c2ccccc2C)cc1. The molecule has 2 aromatic rings. The lowest BCUT2D eigenvalue weighted by atomic mass is 9.99. The normalized spacial score (nSPS) is 16.7. The van der Waals surface area contributed by atoms with Crippen LogP contribution in [0.5, 0.6) is 0 Å². The second-order valence-electron chi connectivity index (χ2n) is 6.65. The van der Waals surface area contributed by atoms with Crippen LogP contribution in [0.1, 0.15) is 45.9 Å². The molecule has 2 aromatic carbocycles. The minimum absolute atomic E-state index is 0.0220. The van der Waals surface area contributed by atoms with Gasteiger partial charge in [0.2, 0.25) is 5.91 Å². The molecule has 1 aliphatic rings. The van der Waals surface area contributed by atoms with Gasteiger partial charge in [0, 0.05) is 12.1 Å². The molecule has 1 unspecified atom stereocenters. The molecule has 2 amide bonds. The smallest absolute Gasteiger partial charge is 0.251 e. The van der Waals surface area contributed by atoms with Crippen LogP contribution in [0.2, 0.25) is 0 Å². The fourth-order valence-corrected chi connectivity index (χ4v) is 3.41. The molecule has 4 heteroatoms. The van der Waals surface area contributed by atoms with Gasteiger partial charge in [-0.15, -0.1) is 0 Å². The van der Waals surface area contributed by atoms with Crippen LogP contribution in [-0.2, 0) is 4.79 Å². The van der Waals surface area contributed by atoms with Crippen molar-refractivity contribution in [1.29, 1.82) is 0 Å². The van der Waals surface area contributed by atoms with E-state index in [-0.39, 0.29) is 24.4 Å². The zero-order valence-corrected chi connectivity index (χ0v) is 14.8. The van der Waals surface area contributed by atoms with Crippen LogP contribution in [0, 0.1) is 13.8 Å². The van der Waals surface area contributed by atoms with Crippen LogP contribution < -0.4 is 5.32 Å². The summed E-state index contributed by atoms with van der Waals surface area (Å²) < 4.78 is 0. The summed E-state index contributed by atoms with van der Waals surface area (Å²) in [5, 5.41) is 2.75. The number of nitrogens with one attached hydrogen (secondary N) is 1. The first kappa shape index (κ1) is 17.2. The predicted molar refractivity (Wildman–Crippen MR) is 98.4 cm³/mol. The van der Waals surface area contributed by atoms with Crippen molar-refractivity contribution in [3.63, 3.8) is 0 Å². The second kappa shape index (κ2) is 7.51. The number of carbonyl (C=O) groups excluding carboxylic acids is 2. The van der Waals surface area contributed by atoms with Gasteiger partial charge in [-0.2, -0.15) is 0 Å². The lowest BCUT2D eigenvalue weighted by Crippen LogP contribution is -2.40. The number of benzene rings is 2. The quantitative estimate of drug-likeness (QED) is 0.930. The summed E-state index contributed by atoms with van der Waals surface area (Å²) >= 11 is 0. The van der Waals surface area contributed by atoms with Gasteiger partial charge in [0.15, 0.2) is 0 Å². The van der Waals surface area contributed by atoms with Gasteiger partial charge in [0.05, 0.1) is 12.6 Å². The van der Waals surface area contributed by atoms with Crippen molar-refractivity contribution in [1.82, 2.24) is 10.2 Å². The molecule has 0 radical (unpaired) electrons. The van der Waals surface area contributed by atoms with Gasteiger partial charge in [-0.1, -0.05) is 42.0 Å². The average Bonchev–Trinajstić information content (AvgIpc) is 3.10. The summed E-state index contributed by atoms with van der Waals surface area (Å²) in [6.07, 6.45) is 1.97. The van der Waals surface area contributed by atoms with E-state index in [2.05, 4.69) is 24.4 Å². The standard InChI is InChI=1S/C21H24N2O2/c1-15-9-11-17(12-10-15)21(25)22-14-20(24)23-13-5-8-19(23)18-7-4-3-6-16(18)2/h3-4,6-7,9-12,19H,5,8,13-14H2,1-2H3,(H,22,25). The first-order valence-electron chi connectivity index (χ1n) is 8.76. The monoisotopic (exact) mass is 336 g/mol. The van der Waals surface area contributed by atoms with Crippen LogP contribution >= 0.6 is 0 Å². The first-order chi connectivity index (χ1) is 12.1. The summed E-state index contributed by atoms with van der Waals surface area (Å²) in [7, 11) is 0.